The summed E-state index contributed by atoms with van der Waals surface area (Å²) in [5.41, 5.74) is 9.35. The van der Waals surface area contributed by atoms with Gasteiger partial charge >= 0.3 is 6.18 Å². The van der Waals surface area contributed by atoms with Crippen LogP contribution in [0.25, 0.3) is 11.0 Å². The van der Waals surface area contributed by atoms with Gasteiger partial charge in [0.1, 0.15) is 24.5 Å². The van der Waals surface area contributed by atoms with E-state index >= 15 is 0 Å². The maximum absolute atomic E-state index is 13.9. The molecule has 3 aromatic carbocycles. The predicted molar refractivity (Wildman–Crippen MR) is 140 cm³/mol. The van der Waals surface area contributed by atoms with Crippen molar-refractivity contribution in [3.8, 4) is 5.75 Å². The van der Waals surface area contributed by atoms with Crippen molar-refractivity contribution < 1.29 is 17.9 Å². The van der Waals surface area contributed by atoms with Crippen LogP contribution in [0.15, 0.2) is 85.3 Å². The third-order valence-electron chi connectivity index (χ3n) is 6.82. The number of ether oxygens (including phenoxy) is 1. The van der Waals surface area contributed by atoms with Crippen LogP contribution >= 0.6 is 12.4 Å². The third-order valence-corrected chi connectivity index (χ3v) is 6.82. The summed E-state index contributed by atoms with van der Waals surface area (Å²) in [6.45, 7) is 0.0283. The molecule has 6 rings (SSSR count). The number of aromatic nitrogens is 4. The van der Waals surface area contributed by atoms with Gasteiger partial charge in [0, 0.05) is 12.1 Å². The standard InChI is InChI=1S/C28H22F3N5O.ClH/c29-28(30,31)22-11-10-19(13-24(22)37-15-17-6-2-1-3-7-17)25-20-9-5-4-8-18(20)12-23(25)36-14-21-26(32)33-16-34-27(21)35-36;/h1-11,13-14,16,23,25H,12,15H2,(H2,32,33,34,35);1H. The van der Waals surface area contributed by atoms with Gasteiger partial charge in [0.15, 0.2) is 5.65 Å². The molecule has 0 saturated carbocycles. The van der Waals surface area contributed by atoms with Gasteiger partial charge in [-0.05, 0) is 40.8 Å². The van der Waals surface area contributed by atoms with Crippen molar-refractivity contribution in [3.05, 3.63) is 113 Å². The molecule has 0 radical (unpaired) electrons. The minimum absolute atomic E-state index is 0. The first-order chi connectivity index (χ1) is 17.9. The smallest absolute Gasteiger partial charge is 0.419 e. The van der Waals surface area contributed by atoms with Gasteiger partial charge in [0.25, 0.3) is 0 Å². The van der Waals surface area contributed by atoms with Gasteiger partial charge in [-0.1, -0.05) is 60.7 Å². The zero-order chi connectivity index (χ0) is 25.6. The monoisotopic (exact) mass is 537 g/mol. The van der Waals surface area contributed by atoms with Crippen molar-refractivity contribution in [2.24, 2.45) is 0 Å². The quantitative estimate of drug-likeness (QED) is 0.282. The second kappa shape index (κ2) is 9.98. The van der Waals surface area contributed by atoms with Gasteiger partial charge in [-0.25, -0.2) is 9.97 Å². The van der Waals surface area contributed by atoms with Gasteiger partial charge < -0.3 is 10.5 Å². The second-order valence-electron chi connectivity index (χ2n) is 9.08. The van der Waals surface area contributed by atoms with Gasteiger partial charge in [-0.3, -0.25) is 4.68 Å². The number of rotatable bonds is 5. The first-order valence-electron chi connectivity index (χ1n) is 11.8. The Morgan fingerprint density at radius 3 is 2.50 bits per heavy atom. The first kappa shape index (κ1) is 25.5. The molecule has 2 atom stereocenters. The van der Waals surface area contributed by atoms with E-state index in [0.29, 0.717) is 28.8 Å². The molecule has 5 aromatic rings. The lowest BCUT2D eigenvalue weighted by molar-refractivity contribution is -0.139. The highest BCUT2D eigenvalue weighted by atomic mass is 35.5. The zero-order valence-electron chi connectivity index (χ0n) is 20.0. The molecule has 194 valence electrons. The molecule has 0 saturated heterocycles. The number of nitrogens with zero attached hydrogens (tertiary/aromatic N) is 4. The van der Waals surface area contributed by atoms with Crippen LogP contribution in [0.2, 0.25) is 0 Å². The molecule has 0 amide bonds. The van der Waals surface area contributed by atoms with Crippen molar-refractivity contribution in [1.82, 2.24) is 19.7 Å². The normalized spacial score (nSPS) is 16.7. The summed E-state index contributed by atoms with van der Waals surface area (Å²) in [5, 5.41) is 5.28. The molecule has 0 aliphatic heterocycles. The van der Waals surface area contributed by atoms with Crippen LogP contribution in [0.5, 0.6) is 5.75 Å². The largest absolute Gasteiger partial charge is 0.488 e. The van der Waals surface area contributed by atoms with E-state index in [1.165, 1.54) is 18.5 Å². The minimum atomic E-state index is -4.55. The van der Waals surface area contributed by atoms with Gasteiger partial charge in [-0.15, -0.1) is 12.4 Å². The van der Waals surface area contributed by atoms with Crippen molar-refractivity contribution in [2.45, 2.75) is 31.2 Å². The molecule has 2 unspecified atom stereocenters. The fourth-order valence-electron chi connectivity index (χ4n) is 5.09. The molecule has 10 heteroatoms. The SMILES string of the molecule is Cl.Nc1ncnc2nn(C3Cc4ccccc4C3c3ccc(C(F)(F)F)c(OCc4ccccc4)c3)cc12. The van der Waals surface area contributed by atoms with Crippen LogP contribution in [-0.4, -0.2) is 19.7 Å². The van der Waals surface area contributed by atoms with E-state index in [1.807, 2.05) is 65.5 Å². The van der Waals surface area contributed by atoms with Gasteiger partial charge in [-0.2, -0.15) is 18.3 Å². The predicted octanol–water partition coefficient (Wildman–Crippen LogP) is 6.36. The summed E-state index contributed by atoms with van der Waals surface area (Å²) >= 11 is 0. The lowest BCUT2D eigenvalue weighted by Crippen LogP contribution is -2.17. The highest BCUT2D eigenvalue weighted by Crippen LogP contribution is 2.47. The molecular weight excluding hydrogens is 515 g/mol. The Labute approximate surface area is 222 Å². The molecular formula is C28H23ClF3N5O. The number of halogens is 4. The van der Waals surface area contributed by atoms with Crippen molar-refractivity contribution >= 4 is 29.3 Å². The summed E-state index contributed by atoms with van der Waals surface area (Å²) in [5.74, 6) is -0.117. The number of alkyl halides is 3. The minimum Gasteiger partial charge on any atom is -0.488 e. The van der Waals surface area contributed by atoms with Crippen LogP contribution in [-0.2, 0) is 19.2 Å². The van der Waals surface area contributed by atoms with Crippen LogP contribution in [0.1, 0.15) is 39.8 Å². The fraction of sp³-hybridized carbons (Fsp3) is 0.179. The molecule has 38 heavy (non-hydrogen) atoms. The molecule has 0 fully saturated rings. The molecule has 2 heterocycles. The number of nitrogens with two attached hydrogens (primary N) is 1. The number of hydrogen-bond donors (Lipinski definition) is 1. The Morgan fingerprint density at radius 1 is 0.974 bits per heavy atom. The van der Waals surface area contributed by atoms with E-state index in [2.05, 4.69) is 15.1 Å². The molecule has 6 nitrogen and oxygen atoms in total. The Kier molecular flexibility index (Phi) is 6.71. The van der Waals surface area contributed by atoms with E-state index in [4.69, 9.17) is 10.5 Å². The highest BCUT2D eigenvalue weighted by Gasteiger charge is 2.38. The molecule has 2 N–H and O–H groups in total. The van der Waals surface area contributed by atoms with E-state index in [1.54, 1.807) is 0 Å². The van der Waals surface area contributed by atoms with E-state index in [0.717, 1.165) is 22.8 Å². The van der Waals surface area contributed by atoms with Crippen LogP contribution in [0.4, 0.5) is 19.0 Å². The van der Waals surface area contributed by atoms with E-state index < -0.39 is 11.7 Å². The number of anilines is 1. The molecule has 2 aromatic heterocycles. The molecule has 1 aliphatic rings. The van der Waals surface area contributed by atoms with Crippen molar-refractivity contribution in [2.75, 3.05) is 5.73 Å². The number of nitrogen functional groups attached to an aromatic ring is 1. The van der Waals surface area contributed by atoms with Gasteiger partial charge in [0.05, 0.1) is 17.0 Å². The number of benzene rings is 3. The average molecular weight is 538 g/mol. The summed E-state index contributed by atoms with van der Waals surface area (Å²) in [4.78, 5) is 8.26. The summed E-state index contributed by atoms with van der Waals surface area (Å²) < 4.78 is 49.3. The lowest BCUT2D eigenvalue weighted by Gasteiger charge is -2.23. The maximum Gasteiger partial charge on any atom is 0.419 e. The van der Waals surface area contributed by atoms with E-state index in [-0.39, 0.29) is 36.7 Å². The summed E-state index contributed by atoms with van der Waals surface area (Å²) in [6, 6.07) is 21.1. The van der Waals surface area contributed by atoms with Crippen molar-refractivity contribution in [1.29, 1.82) is 0 Å². The van der Waals surface area contributed by atoms with Crippen LogP contribution in [0, 0.1) is 0 Å². The Morgan fingerprint density at radius 2 is 1.74 bits per heavy atom. The zero-order valence-corrected chi connectivity index (χ0v) is 20.8. The third kappa shape index (κ3) is 4.65. The Balaban J connectivity index is 0.00000294. The van der Waals surface area contributed by atoms with Gasteiger partial charge in [0.2, 0.25) is 0 Å². The summed E-state index contributed by atoms with van der Waals surface area (Å²) in [6.07, 6.45) is -0.718. The second-order valence-corrected chi connectivity index (χ2v) is 9.08. The van der Waals surface area contributed by atoms with Crippen LogP contribution < -0.4 is 10.5 Å². The molecule has 0 bridgehead atoms. The summed E-state index contributed by atoms with van der Waals surface area (Å²) in [7, 11) is 0. The highest BCUT2D eigenvalue weighted by molar-refractivity contribution is 5.85. The maximum atomic E-state index is 13.9. The van der Waals surface area contributed by atoms with Crippen molar-refractivity contribution in [3.63, 3.8) is 0 Å². The van der Waals surface area contributed by atoms with E-state index in [9.17, 15) is 13.2 Å². The first-order valence-corrected chi connectivity index (χ1v) is 11.8. The topological polar surface area (TPSA) is 78.9 Å². The number of fused-ring (bicyclic) bond motifs is 2. The Hall–Kier alpha value is -4.11. The number of hydrogen-bond acceptors (Lipinski definition) is 5. The fourth-order valence-corrected chi connectivity index (χ4v) is 5.09. The molecule has 1 aliphatic carbocycles. The Bertz CT molecular complexity index is 1590. The lowest BCUT2D eigenvalue weighted by atomic mass is 9.89. The average Bonchev–Trinajstić information content (AvgIpc) is 3.50. The molecule has 0 spiro atoms. The van der Waals surface area contributed by atoms with Crippen LogP contribution in [0.3, 0.4) is 0 Å².